The molecule has 7 heteroatoms. The van der Waals surface area contributed by atoms with Crippen molar-refractivity contribution in [1.29, 1.82) is 0 Å². The van der Waals surface area contributed by atoms with Crippen LogP contribution in [0, 0.1) is 5.92 Å². The van der Waals surface area contributed by atoms with Crippen LogP contribution in [0.5, 0.6) is 5.75 Å². The van der Waals surface area contributed by atoms with E-state index in [0.29, 0.717) is 24.7 Å². The molecule has 2 unspecified atom stereocenters. The summed E-state index contributed by atoms with van der Waals surface area (Å²) >= 11 is 6.02. The quantitative estimate of drug-likeness (QED) is 0.322. The molecule has 0 bridgehead atoms. The van der Waals surface area contributed by atoms with Crippen molar-refractivity contribution >= 4 is 23.4 Å². The Morgan fingerprint density at radius 3 is 2.46 bits per heavy atom. The zero-order valence-corrected chi connectivity index (χ0v) is 20.3. The molecule has 1 N–H and O–H groups in total. The fourth-order valence-corrected chi connectivity index (χ4v) is 4.58. The van der Waals surface area contributed by atoms with E-state index in [2.05, 4.69) is 4.90 Å². The van der Waals surface area contributed by atoms with Crippen molar-refractivity contribution in [3.8, 4) is 5.75 Å². The fraction of sp³-hybridized carbons (Fsp3) is 0.286. The van der Waals surface area contributed by atoms with Gasteiger partial charge in [-0.3, -0.25) is 9.69 Å². The molecule has 6 nitrogen and oxygen atoms in total. The normalized spacial score (nSPS) is 17.5. The van der Waals surface area contributed by atoms with Gasteiger partial charge in [0.05, 0.1) is 31.9 Å². The highest BCUT2D eigenvalue weighted by Gasteiger charge is 2.29. The van der Waals surface area contributed by atoms with Crippen LogP contribution in [0.15, 0.2) is 72.8 Å². The largest absolute Gasteiger partial charge is 0.506 e. The molecule has 182 valence electrons. The Labute approximate surface area is 210 Å². The van der Waals surface area contributed by atoms with E-state index in [1.807, 2.05) is 54.6 Å². The van der Waals surface area contributed by atoms with E-state index in [-0.39, 0.29) is 41.2 Å². The number of hydrogen-bond acceptors (Lipinski definition) is 6. The highest BCUT2D eigenvalue weighted by atomic mass is 35.5. The zero-order chi connectivity index (χ0) is 24.8. The Kier molecular flexibility index (Phi) is 8.18. The van der Waals surface area contributed by atoms with Crippen molar-refractivity contribution in [2.45, 2.75) is 19.1 Å². The molecule has 0 saturated carbocycles. The van der Waals surface area contributed by atoms with Crippen LogP contribution in [0.4, 0.5) is 0 Å². The second-order valence-electron chi connectivity index (χ2n) is 8.75. The Morgan fingerprint density at radius 2 is 1.74 bits per heavy atom. The number of benzene rings is 3. The summed E-state index contributed by atoms with van der Waals surface area (Å²) in [4.78, 5) is 27.2. The molecule has 1 saturated heterocycles. The first kappa shape index (κ1) is 24.9. The first-order valence-electron chi connectivity index (χ1n) is 11.5. The van der Waals surface area contributed by atoms with E-state index in [1.54, 1.807) is 6.07 Å². The number of rotatable bonds is 9. The van der Waals surface area contributed by atoms with Gasteiger partial charge < -0.3 is 14.6 Å². The molecule has 1 fully saturated rings. The minimum Gasteiger partial charge on any atom is -0.506 e. The number of nitrogens with zero attached hydrogens (tertiary/aromatic N) is 1. The van der Waals surface area contributed by atoms with Gasteiger partial charge in [0.2, 0.25) is 0 Å². The molecule has 0 amide bonds. The van der Waals surface area contributed by atoms with Gasteiger partial charge in [0, 0.05) is 18.1 Å². The minimum absolute atomic E-state index is 0.00711. The monoisotopic (exact) mass is 493 g/mol. The number of phenolic OH excluding ortho intramolecular Hbond substituents is 1. The van der Waals surface area contributed by atoms with Gasteiger partial charge in [0.25, 0.3) is 0 Å². The number of ether oxygens (including phenoxy) is 2. The topological polar surface area (TPSA) is 76.1 Å². The van der Waals surface area contributed by atoms with Crippen molar-refractivity contribution in [3.05, 3.63) is 100 Å². The second kappa shape index (κ2) is 11.5. The first-order chi connectivity index (χ1) is 16.9. The van der Waals surface area contributed by atoms with Crippen LogP contribution < -0.4 is 0 Å². The molecule has 1 heterocycles. The zero-order valence-electron chi connectivity index (χ0n) is 19.5. The van der Waals surface area contributed by atoms with Crippen LogP contribution in [-0.2, 0) is 16.0 Å². The molecule has 3 aromatic rings. The van der Waals surface area contributed by atoms with E-state index in [9.17, 15) is 14.7 Å². The van der Waals surface area contributed by atoms with Crippen LogP contribution in [0.1, 0.15) is 44.4 Å². The van der Waals surface area contributed by atoms with Crippen molar-refractivity contribution in [3.63, 3.8) is 0 Å². The summed E-state index contributed by atoms with van der Waals surface area (Å²) in [5.41, 5.74) is 2.25. The first-order valence-corrected chi connectivity index (χ1v) is 11.9. The van der Waals surface area contributed by atoms with Crippen LogP contribution in [0.3, 0.4) is 0 Å². The number of hydrogen-bond donors (Lipinski definition) is 1. The second-order valence-corrected chi connectivity index (χ2v) is 9.18. The highest BCUT2D eigenvalue weighted by molar-refractivity contribution is 6.30. The van der Waals surface area contributed by atoms with Gasteiger partial charge in [-0.1, -0.05) is 60.1 Å². The molecule has 3 aromatic carbocycles. The van der Waals surface area contributed by atoms with Gasteiger partial charge in [0.1, 0.15) is 11.3 Å². The van der Waals surface area contributed by atoms with E-state index in [0.717, 1.165) is 17.5 Å². The van der Waals surface area contributed by atoms with Gasteiger partial charge in [-0.05, 0) is 47.7 Å². The van der Waals surface area contributed by atoms with Gasteiger partial charge in [-0.15, -0.1) is 0 Å². The predicted molar refractivity (Wildman–Crippen MR) is 134 cm³/mol. The van der Waals surface area contributed by atoms with E-state index in [1.165, 1.54) is 19.2 Å². The summed E-state index contributed by atoms with van der Waals surface area (Å²) in [6.45, 7) is 1.92. The number of ketones is 1. The standard InChI is InChI=1S/C28H28ClNO5/c1-34-28(33)24-9-5-8-23(27(24)32)25(31)17-30(15-19-6-3-2-4-7-19)16-20-14-26(35-18-20)21-10-12-22(29)13-11-21/h2-13,20,26,32H,14-18H2,1H3. The number of phenols is 1. The van der Waals surface area contributed by atoms with Crippen LogP contribution >= 0.6 is 11.6 Å². The van der Waals surface area contributed by atoms with E-state index < -0.39 is 5.97 Å². The number of carbonyl (C=O) groups is 2. The third-order valence-electron chi connectivity index (χ3n) is 6.20. The molecule has 4 rings (SSSR count). The average Bonchev–Trinajstić information content (AvgIpc) is 3.33. The summed E-state index contributed by atoms with van der Waals surface area (Å²) in [5.74, 6) is -1.06. The Morgan fingerprint density at radius 1 is 1.03 bits per heavy atom. The molecule has 0 aliphatic carbocycles. The summed E-state index contributed by atoms with van der Waals surface area (Å²) in [6.07, 6.45) is 0.830. The molecular formula is C28H28ClNO5. The van der Waals surface area contributed by atoms with Gasteiger partial charge in [-0.25, -0.2) is 4.79 Å². The van der Waals surface area contributed by atoms with Gasteiger partial charge >= 0.3 is 5.97 Å². The summed E-state index contributed by atoms with van der Waals surface area (Å²) in [7, 11) is 1.23. The van der Waals surface area contributed by atoms with Crippen molar-refractivity contribution in [2.75, 3.05) is 26.8 Å². The van der Waals surface area contributed by atoms with Crippen molar-refractivity contribution in [1.82, 2.24) is 4.90 Å². The molecule has 2 atom stereocenters. The van der Waals surface area contributed by atoms with E-state index >= 15 is 0 Å². The number of methoxy groups -OCH3 is 1. The Hall–Kier alpha value is -3.19. The lowest BCUT2D eigenvalue weighted by atomic mass is 9.99. The third kappa shape index (κ3) is 6.28. The number of carbonyl (C=O) groups excluding carboxylic acids is 2. The summed E-state index contributed by atoms with van der Waals surface area (Å²) in [5, 5.41) is 11.2. The van der Waals surface area contributed by atoms with Crippen LogP contribution in [0.25, 0.3) is 0 Å². The van der Waals surface area contributed by atoms with E-state index in [4.69, 9.17) is 21.1 Å². The lowest BCUT2D eigenvalue weighted by Gasteiger charge is -2.25. The Balaban J connectivity index is 1.49. The van der Waals surface area contributed by atoms with Crippen molar-refractivity contribution in [2.24, 2.45) is 5.92 Å². The minimum atomic E-state index is -0.686. The summed E-state index contributed by atoms with van der Waals surface area (Å²) in [6, 6.07) is 22.2. The maximum atomic E-state index is 13.2. The predicted octanol–water partition coefficient (Wildman–Crippen LogP) is 5.29. The van der Waals surface area contributed by atoms with Gasteiger partial charge in [0.15, 0.2) is 5.78 Å². The number of esters is 1. The lowest BCUT2D eigenvalue weighted by Crippen LogP contribution is -2.34. The molecule has 1 aliphatic heterocycles. The smallest absolute Gasteiger partial charge is 0.341 e. The van der Waals surface area contributed by atoms with Gasteiger partial charge in [-0.2, -0.15) is 0 Å². The SMILES string of the molecule is COC(=O)c1cccc(C(=O)CN(Cc2ccccc2)CC2COC(c3ccc(Cl)cc3)C2)c1O. The average molecular weight is 494 g/mol. The summed E-state index contributed by atoms with van der Waals surface area (Å²) < 4.78 is 10.8. The van der Waals surface area contributed by atoms with Crippen LogP contribution in [0.2, 0.25) is 5.02 Å². The fourth-order valence-electron chi connectivity index (χ4n) is 4.45. The number of Topliss-reactive ketones (excluding diaryl/α,β-unsaturated/α-hetero) is 1. The molecule has 0 aromatic heterocycles. The number of halogens is 1. The highest BCUT2D eigenvalue weighted by Crippen LogP contribution is 2.34. The van der Waals surface area contributed by atoms with Crippen molar-refractivity contribution < 1.29 is 24.2 Å². The third-order valence-corrected chi connectivity index (χ3v) is 6.45. The molecular weight excluding hydrogens is 466 g/mol. The van der Waals surface area contributed by atoms with Crippen LogP contribution in [-0.4, -0.2) is 48.6 Å². The maximum Gasteiger partial charge on any atom is 0.341 e. The maximum absolute atomic E-state index is 13.2. The Bertz CT molecular complexity index is 1170. The molecule has 35 heavy (non-hydrogen) atoms. The molecule has 0 radical (unpaired) electrons. The molecule has 1 aliphatic rings. The molecule has 0 spiro atoms. The lowest BCUT2D eigenvalue weighted by molar-refractivity contribution is 0.0597. The number of para-hydroxylation sites is 1. The number of aromatic hydroxyl groups is 1.